The zero-order chi connectivity index (χ0) is 11.4. The molecular weight excluding hydrogens is 331 g/mol. The van der Waals surface area contributed by atoms with Crippen LogP contribution >= 0.6 is 11.6 Å². The van der Waals surface area contributed by atoms with E-state index in [1.165, 1.54) is 18.2 Å². The molecule has 0 fully saturated rings. The normalized spacial score (nSPS) is 9.00. The van der Waals surface area contributed by atoms with Gasteiger partial charge in [-0.05, 0) is 18.2 Å². The van der Waals surface area contributed by atoms with Crippen LogP contribution in [0.2, 0.25) is 5.02 Å². The van der Waals surface area contributed by atoms with E-state index >= 15 is 0 Å². The quantitative estimate of drug-likeness (QED) is 0.584. The first-order valence-electron chi connectivity index (χ1n) is 4.78. The first-order valence-corrected chi connectivity index (χ1v) is 5.16. The minimum Gasteiger partial charge on any atom is -1.00 e. The summed E-state index contributed by atoms with van der Waals surface area (Å²) in [7, 11) is 0. The van der Waals surface area contributed by atoms with Crippen LogP contribution in [0, 0.1) is 11.9 Å². The van der Waals surface area contributed by atoms with Crippen molar-refractivity contribution in [2.45, 2.75) is 6.61 Å². The van der Waals surface area contributed by atoms with Crippen molar-refractivity contribution in [3.05, 3.63) is 64.9 Å². The zero-order valence-corrected chi connectivity index (χ0v) is 13.3. The Balaban J connectivity index is 0.00000144. The van der Waals surface area contributed by atoms with Crippen LogP contribution in [0.1, 0.15) is 5.56 Å². The van der Waals surface area contributed by atoms with Crippen LogP contribution in [0.15, 0.2) is 42.5 Å². The van der Waals surface area contributed by atoms with Gasteiger partial charge in [-0.1, -0.05) is 11.6 Å². The third-order valence-corrected chi connectivity index (χ3v) is 2.37. The van der Waals surface area contributed by atoms with Gasteiger partial charge in [0.1, 0.15) is 11.6 Å². The molecule has 0 saturated heterocycles. The van der Waals surface area contributed by atoms with Gasteiger partial charge in [0.15, 0.2) is 0 Å². The van der Waals surface area contributed by atoms with Gasteiger partial charge in [0.25, 0.3) is 0 Å². The molecule has 0 unspecified atom stereocenters. The van der Waals surface area contributed by atoms with Crippen LogP contribution in [0.5, 0.6) is 5.75 Å². The van der Waals surface area contributed by atoms with E-state index < -0.39 is 0 Å². The molecule has 5 heteroatoms. The summed E-state index contributed by atoms with van der Waals surface area (Å²) in [5, 5.41) is 0.280. The van der Waals surface area contributed by atoms with E-state index in [0.717, 1.165) is 5.56 Å². The molecule has 0 spiro atoms. The summed E-state index contributed by atoms with van der Waals surface area (Å²) >= 11 is 5.82. The molecule has 0 saturated carbocycles. The van der Waals surface area contributed by atoms with Crippen LogP contribution < -0.4 is 21.7 Å². The van der Waals surface area contributed by atoms with Crippen molar-refractivity contribution in [3.8, 4) is 5.75 Å². The molecular formula is C13H9BrClFMgO. The van der Waals surface area contributed by atoms with Gasteiger partial charge in [0, 0.05) is 0 Å². The molecule has 0 atom stereocenters. The molecule has 90 valence electrons. The molecule has 0 aliphatic rings. The van der Waals surface area contributed by atoms with E-state index in [9.17, 15) is 4.39 Å². The minimum absolute atomic E-state index is 0. The first-order chi connectivity index (χ1) is 7.75. The maximum absolute atomic E-state index is 12.8. The second-order valence-corrected chi connectivity index (χ2v) is 3.68. The average Bonchev–Trinajstić information content (AvgIpc) is 2.29. The number of ether oxygens (including phenoxy) is 1. The third-order valence-electron chi connectivity index (χ3n) is 2.08. The summed E-state index contributed by atoms with van der Waals surface area (Å²) < 4.78 is 18.2. The third kappa shape index (κ3) is 5.14. The van der Waals surface area contributed by atoms with Crippen LogP contribution in [0.4, 0.5) is 4.39 Å². The molecule has 1 nitrogen and oxygen atoms in total. The predicted molar refractivity (Wildman–Crippen MR) is 66.8 cm³/mol. The number of halogens is 3. The van der Waals surface area contributed by atoms with Crippen molar-refractivity contribution in [3.63, 3.8) is 0 Å². The SMILES string of the molecule is Fc1ccc(OCc2cc[c-]cc2)c(Cl)c1.[Br-].[Mg+2]. The predicted octanol–water partition coefficient (Wildman–Crippen LogP) is 0.481. The van der Waals surface area contributed by atoms with Crippen molar-refractivity contribution in [1.29, 1.82) is 0 Å². The molecule has 0 amide bonds. The summed E-state index contributed by atoms with van der Waals surface area (Å²) in [6.07, 6.45) is 0. The maximum Gasteiger partial charge on any atom is 2.00 e. The van der Waals surface area contributed by atoms with E-state index in [0.29, 0.717) is 12.4 Å². The van der Waals surface area contributed by atoms with Crippen molar-refractivity contribution in [2.24, 2.45) is 0 Å². The second-order valence-electron chi connectivity index (χ2n) is 3.27. The zero-order valence-electron chi connectivity index (χ0n) is 9.50. The van der Waals surface area contributed by atoms with E-state index in [1.54, 1.807) is 0 Å². The Hall–Kier alpha value is -0.294. The molecule has 2 rings (SSSR count). The van der Waals surface area contributed by atoms with Gasteiger partial charge in [-0.15, -0.1) is 5.56 Å². The Morgan fingerprint density at radius 3 is 2.44 bits per heavy atom. The van der Waals surface area contributed by atoms with Gasteiger partial charge in [-0.3, -0.25) is 0 Å². The first kappa shape index (κ1) is 17.7. The fourth-order valence-corrected chi connectivity index (χ4v) is 1.49. The Bertz CT molecular complexity index is 482. The molecule has 0 heterocycles. The van der Waals surface area contributed by atoms with E-state index in [4.69, 9.17) is 16.3 Å². The number of hydrogen-bond donors (Lipinski definition) is 0. The standard InChI is InChI=1S/C13H9ClFO.BrH.Mg/c14-12-8-11(15)6-7-13(12)16-9-10-4-2-1-3-5-10;;/h2-8H,9H2;1H;/q-1;;+2/p-1. The molecule has 2 aromatic carbocycles. The van der Waals surface area contributed by atoms with Crippen LogP contribution in [0.25, 0.3) is 0 Å². The van der Waals surface area contributed by atoms with Crippen molar-refractivity contribution >= 4 is 34.7 Å². The fraction of sp³-hybridized carbons (Fsp3) is 0.0769. The van der Waals surface area contributed by atoms with Gasteiger partial charge >= 0.3 is 23.1 Å². The van der Waals surface area contributed by atoms with Gasteiger partial charge < -0.3 is 21.7 Å². The topological polar surface area (TPSA) is 9.23 Å². The number of hydrogen-bond acceptors (Lipinski definition) is 1. The van der Waals surface area contributed by atoms with Crippen molar-refractivity contribution < 1.29 is 26.1 Å². The summed E-state index contributed by atoms with van der Waals surface area (Å²) in [5.41, 5.74) is 1.01. The summed E-state index contributed by atoms with van der Waals surface area (Å²) in [4.78, 5) is 0. The Morgan fingerprint density at radius 2 is 1.83 bits per heavy atom. The number of rotatable bonds is 3. The summed E-state index contributed by atoms with van der Waals surface area (Å²) in [6, 6.07) is 14.4. The van der Waals surface area contributed by atoms with Crippen LogP contribution in [-0.4, -0.2) is 23.1 Å². The van der Waals surface area contributed by atoms with E-state index in [1.807, 2.05) is 24.3 Å². The summed E-state index contributed by atoms with van der Waals surface area (Å²) in [6.45, 7) is 0.403. The van der Waals surface area contributed by atoms with Crippen LogP contribution in [-0.2, 0) is 6.61 Å². The van der Waals surface area contributed by atoms with E-state index in [-0.39, 0.29) is 50.9 Å². The van der Waals surface area contributed by atoms with Crippen molar-refractivity contribution in [2.75, 3.05) is 0 Å². The average molecular weight is 340 g/mol. The fourth-order valence-electron chi connectivity index (χ4n) is 1.27. The maximum atomic E-state index is 12.8. The molecule has 2 aromatic rings. The molecule has 0 radical (unpaired) electrons. The molecule has 0 aliphatic carbocycles. The van der Waals surface area contributed by atoms with E-state index in [2.05, 4.69) is 6.07 Å². The number of benzene rings is 2. The smallest absolute Gasteiger partial charge is 1.00 e. The van der Waals surface area contributed by atoms with Gasteiger partial charge in [0.2, 0.25) is 0 Å². The van der Waals surface area contributed by atoms with Crippen LogP contribution in [0.3, 0.4) is 0 Å². The minimum atomic E-state index is -0.369. The van der Waals surface area contributed by atoms with Crippen molar-refractivity contribution in [1.82, 2.24) is 0 Å². The second kappa shape index (κ2) is 8.75. The van der Waals surface area contributed by atoms with Gasteiger partial charge in [0.05, 0.1) is 11.6 Å². The largest absolute Gasteiger partial charge is 2.00 e. The van der Waals surface area contributed by atoms with Gasteiger partial charge in [-0.25, -0.2) is 4.39 Å². The molecule has 0 N–H and O–H groups in total. The monoisotopic (exact) mass is 338 g/mol. The van der Waals surface area contributed by atoms with Gasteiger partial charge in [-0.2, -0.15) is 30.3 Å². The molecule has 0 aromatic heterocycles. The Kier molecular flexibility index (Phi) is 8.60. The Labute approximate surface area is 137 Å². The molecule has 0 bridgehead atoms. The molecule has 0 aliphatic heterocycles. The molecule has 18 heavy (non-hydrogen) atoms. The Morgan fingerprint density at radius 1 is 1.17 bits per heavy atom. The summed E-state index contributed by atoms with van der Waals surface area (Å²) in [5.74, 6) is 0.113.